The van der Waals surface area contributed by atoms with Crippen LogP contribution in [0.1, 0.15) is 46.0 Å². The highest BCUT2D eigenvalue weighted by molar-refractivity contribution is 4.97. The third kappa shape index (κ3) is 1.62. The molecule has 1 aliphatic heterocycles. The van der Waals surface area contributed by atoms with Gasteiger partial charge in [-0.25, -0.2) is 0 Å². The molecule has 0 bridgehead atoms. The Morgan fingerprint density at radius 1 is 1.23 bits per heavy atom. The minimum absolute atomic E-state index is 0.409. The first-order valence-electron chi connectivity index (χ1n) is 5.63. The molecule has 0 aromatic rings. The number of nitrogens with two attached hydrogens (primary N) is 1. The van der Waals surface area contributed by atoms with Gasteiger partial charge in [0.15, 0.2) is 0 Å². The first kappa shape index (κ1) is 9.47. The summed E-state index contributed by atoms with van der Waals surface area (Å²) in [4.78, 5) is 2.66. The number of likely N-dealkylation sites (tertiary alicyclic amines) is 1. The van der Waals surface area contributed by atoms with Crippen LogP contribution in [0.4, 0.5) is 0 Å². The summed E-state index contributed by atoms with van der Waals surface area (Å²) in [5.74, 6) is 0. The minimum atomic E-state index is 0.409. The molecule has 2 rings (SSSR count). The molecule has 2 aliphatic rings. The third-order valence-electron chi connectivity index (χ3n) is 3.90. The van der Waals surface area contributed by atoms with Crippen molar-refractivity contribution in [2.75, 3.05) is 6.54 Å². The second-order valence-electron chi connectivity index (χ2n) is 5.27. The zero-order valence-electron chi connectivity index (χ0n) is 8.92. The topological polar surface area (TPSA) is 29.3 Å². The first-order chi connectivity index (χ1) is 6.11. The number of hydrogen-bond donors (Lipinski definition) is 1. The van der Waals surface area contributed by atoms with Crippen LogP contribution in [-0.4, -0.2) is 29.1 Å². The van der Waals surface area contributed by atoms with Gasteiger partial charge in [0.1, 0.15) is 0 Å². The normalized spacial score (nSPS) is 39.9. The standard InChI is InChI=1S/C11H22N2/c1-11(2)7-4-8-13(11)10-6-3-5-9(10)12/h9-10H,3-8,12H2,1-2H3. The lowest BCUT2D eigenvalue weighted by molar-refractivity contribution is 0.109. The van der Waals surface area contributed by atoms with Gasteiger partial charge in [0.25, 0.3) is 0 Å². The van der Waals surface area contributed by atoms with Gasteiger partial charge in [0.2, 0.25) is 0 Å². The Labute approximate surface area is 81.5 Å². The van der Waals surface area contributed by atoms with E-state index in [4.69, 9.17) is 5.73 Å². The maximum Gasteiger partial charge on any atom is 0.0252 e. The zero-order valence-corrected chi connectivity index (χ0v) is 8.92. The predicted octanol–water partition coefficient (Wildman–Crippen LogP) is 1.74. The molecule has 0 aromatic heterocycles. The Hall–Kier alpha value is -0.0800. The van der Waals surface area contributed by atoms with Crippen molar-refractivity contribution >= 4 is 0 Å². The van der Waals surface area contributed by atoms with Crippen LogP contribution in [0.15, 0.2) is 0 Å². The number of nitrogens with zero attached hydrogens (tertiary/aromatic N) is 1. The van der Waals surface area contributed by atoms with E-state index >= 15 is 0 Å². The smallest absolute Gasteiger partial charge is 0.0252 e. The van der Waals surface area contributed by atoms with Crippen LogP contribution in [0.25, 0.3) is 0 Å². The molecular weight excluding hydrogens is 160 g/mol. The molecule has 1 saturated carbocycles. The summed E-state index contributed by atoms with van der Waals surface area (Å²) < 4.78 is 0. The highest BCUT2D eigenvalue weighted by Gasteiger charge is 2.40. The summed E-state index contributed by atoms with van der Waals surface area (Å²) in [6.07, 6.45) is 6.59. The number of hydrogen-bond acceptors (Lipinski definition) is 2. The van der Waals surface area contributed by atoms with Crippen LogP contribution in [0, 0.1) is 0 Å². The summed E-state index contributed by atoms with van der Waals surface area (Å²) in [6, 6.07) is 1.12. The molecule has 2 N–H and O–H groups in total. The fourth-order valence-corrected chi connectivity index (χ4v) is 3.10. The van der Waals surface area contributed by atoms with Gasteiger partial charge < -0.3 is 5.73 Å². The van der Waals surface area contributed by atoms with Crippen molar-refractivity contribution in [1.29, 1.82) is 0 Å². The minimum Gasteiger partial charge on any atom is -0.326 e. The van der Waals surface area contributed by atoms with Crippen molar-refractivity contribution in [1.82, 2.24) is 4.90 Å². The molecule has 1 aliphatic carbocycles. The molecule has 2 heteroatoms. The van der Waals surface area contributed by atoms with E-state index in [1.165, 1.54) is 38.6 Å². The molecular formula is C11H22N2. The van der Waals surface area contributed by atoms with Gasteiger partial charge in [0.05, 0.1) is 0 Å². The van der Waals surface area contributed by atoms with Crippen LogP contribution in [0.3, 0.4) is 0 Å². The monoisotopic (exact) mass is 182 g/mol. The van der Waals surface area contributed by atoms with Crippen molar-refractivity contribution in [3.05, 3.63) is 0 Å². The molecule has 0 radical (unpaired) electrons. The zero-order chi connectivity index (χ0) is 9.47. The summed E-state index contributed by atoms with van der Waals surface area (Å²) in [7, 11) is 0. The molecule has 1 saturated heterocycles. The van der Waals surface area contributed by atoms with Gasteiger partial charge in [-0.3, -0.25) is 4.90 Å². The van der Waals surface area contributed by atoms with Crippen molar-refractivity contribution in [2.24, 2.45) is 5.73 Å². The van der Waals surface area contributed by atoms with Gasteiger partial charge in [-0.1, -0.05) is 6.42 Å². The lowest BCUT2D eigenvalue weighted by Crippen LogP contribution is -2.51. The fraction of sp³-hybridized carbons (Fsp3) is 1.00. The molecule has 13 heavy (non-hydrogen) atoms. The molecule has 0 amide bonds. The lowest BCUT2D eigenvalue weighted by atomic mass is 9.99. The van der Waals surface area contributed by atoms with Crippen LogP contribution < -0.4 is 5.73 Å². The molecule has 2 nitrogen and oxygen atoms in total. The van der Waals surface area contributed by atoms with Crippen LogP contribution in [-0.2, 0) is 0 Å². The van der Waals surface area contributed by atoms with Crippen molar-refractivity contribution in [3.8, 4) is 0 Å². The van der Waals surface area contributed by atoms with E-state index in [0.717, 1.165) is 0 Å². The van der Waals surface area contributed by atoms with Gasteiger partial charge >= 0.3 is 0 Å². The maximum absolute atomic E-state index is 6.14. The molecule has 0 aromatic carbocycles. The average molecular weight is 182 g/mol. The fourth-order valence-electron chi connectivity index (χ4n) is 3.10. The van der Waals surface area contributed by atoms with E-state index in [0.29, 0.717) is 17.6 Å². The van der Waals surface area contributed by atoms with E-state index in [-0.39, 0.29) is 0 Å². The van der Waals surface area contributed by atoms with Gasteiger partial charge in [-0.15, -0.1) is 0 Å². The van der Waals surface area contributed by atoms with Gasteiger partial charge in [-0.2, -0.15) is 0 Å². The van der Waals surface area contributed by atoms with E-state index in [1.807, 2.05) is 0 Å². The van der Waals surface area contributed by atoms with Crippen LogP contribution in [0.2, 0.25) is 0 Å². The van der Waals surface area contributed by atoms with E-state index in [2.05, 4.69) is 18.7 Å². The van der Waals surface area contributed by atoms with Gasteiger partial charge in [0, 0.05) is 17.6 Å². The predicted molar refractivity (Wildman–Crippen MR) is 55.6 cm³/mol. The highest BCUT2D eigenvalue weighted by atomic mass is 15.3. The van der Waals surface area contributed by atoms with Crippen LogP contribution in [0.5, 0.6) is 0 Å². The largest absolute Gasteiger partial charge is 0.326 e. The number of rotatable bonds is 1. The Morgan fingerprint density at radius 3 is 2.46 bits per heavy atom. The third-order valence-corrected chi connectivity index (χ3v) is 3.90. The molecule has 1 heterocycles. The second kappa shape index (κ2) is 3.25. The van der Waals surface area contributed by atoms with E-state index < -0.39 is 0 Å². The lowest BCUT2D eigenvalue weighted by Gasteiger charge is -2.38. The van der Waals surface area contributed by atoms with E-state index in [9.17, 15) is 0 Å². The molecule has 2 atom stereocenters. The first-order valence-corrected chi connectivity index (χ1v) is 5.63. The Morgan fingerprint density at radius 2 is 2.00 bits per heavy atom. The van der Waals surface area contributed by atoms with Crippen molar-refractivity contribution in [3.63, 3.8) is 0 Å². The maximum atomic E-state index is 6.14. The van der Waals surface area contributed by atoms with Crippen LogP contribution >= 0.6 is 0 Å². The second-order valence-corrected chi connectivity index (χ2v) is 5.27. The summed E-state index contributed by atoms with van der Waals surface area (Å²) >= 11 is 0. The van der Waals surface area contributed by atoms with E-state index in [1.54, 1.807) is 0 Å². The summed E-state index contributed by atoms with van der Waals surface area (Å²) in [5, 5.41) is 0. The van der Waals surface area contributed by atoms with Crippen molar-refractivity contribution < 1.29 is 0 Å². The Balaban J connectivity index is 2.07. The molecule has 0 spiro atoms. The molecule has 2 unspecified atom stereocenters. The van der Waals surface area contributed by atoms with Crippen molar-refractivity contribution in [2.45, 2.75) is 63.6 Å². The molecule has 2 fully saturated rings. The molecule has 76 valence electrons. The highest BCUT2D eigenvalue weighted by Crippen LogP contribution is 2.35. The summed E-state index contributed by atoms with van der Waals surface area (Å²) in [6.45, 7) is 6.00. The quantitative estimate of drug-likeness (QED) is 0.669. The average Bonchev–Trinajstić information content (AvgIpc) is 2.56. The Kier molecular flexibility index (Phi) is 2.37. The van der Waals surface area contributed by atoms with Gasteiger partial charge in [-0.05, 0) is 46.1 Å². The Bertz CT molecular complexity index is 189. The SMILES string of the molecule is CC1(C)CCCN1C1CCCC1N. The summed E-state index contributed by atoms with van der Waals surface area (Å²) in [5.41, 5.74) is 6.55.